The number of carbonyl (C=O) groups excluding carboxylic acids is 2. The molecule has 71 heavy (non-hydrogen) atoms. The first kappa shape index (κ1) is 50.0. The highest BCUT2D eigenvalue weighted by atomic mass is 35.5. The smallest absolute Gasteiger partial charge is 0.342 e. The number of esters is 1. The summed E-state index contributed by atoms with van der Waals surface area (Å²) in [7, 11) is -4.63. The molecule has 0 radical (unpaired) electrons. The van der Waals surface area contributed by atoms with Gasteiger partial charge in [0.2, 0.25) is 5.96 Å². The van der Waals surface area contributed by atoms with Gasteiger partial charge < -0.3 is 20.8 Å². The highest BCUT2D eigenvalue weighted by Crippen LogP contribution is 2.51. The number of aromatic amines is 1. The number of nitrogen functional groups attached to an aromatic ring is 1. The van der Waals surface area contributed by atoms with E-state index in [1.165, 1.54) is 12.1 Å². The van der Waals surface area contributed by atoms with E-state index in [4.69, 9.17) is 27.1 Å². The van der Waals surface area contributed by atoms with Crippen molar-refractivity contribution in [3.05, 3.63) is 172 Å². The van der Waals surface area contributed by atoms with Crippen molar-refractivity contribution in [3.63, 3.8) is 0 Å². The van der Waals surface area contributed by atoms with Crippen LogP contribution in [0.5, 0.6) is 0 Å². The van der Waals surface area contributed by atoms with Gasteiger partial charge in [0.25, 0.3) is 11.5 Å². The molecule has 7 aromatic rings. The van der Waals surface area contributed by atoms with Crippen molar-refractivity contribution in [2.24, 2.45) is 33.6 Å². The maximum atomic E-state index is 15.9. The van der Waals surface area contributed by atoms with Crippen molar-refractivity contribution in [2.75, 3.05) is 20.7 Å². The zero-order valence-corrected chi connectivity index (χ0v) is 42.3. The molecule has 1 amide bonds. The maximum Gasteiger partial charge on any atom is 0.342 e. The van der Waals surface area contributed by atoms with Crippen LogP contribution in [0.2, 0.25) is 5.02 Å². The molecule has 1 aliphatic carbocycles. The van der Waals surface area contributed by atoms with Gasteiger partial charge in [-0.1, -0.05) is 145 Å². The van der Waals surface area contributed by atoms with Gasteiger partial charge in [0, 0.05) is 28.1 Å². The average molecular weight is 996 g/mol. The Bertz CT molecular complexity index is 3220. The summed E-state index contributed by atoms with van der Waals surface area (Å²) in [6.07, 6.45) is 1.07. The van der Waals surface area contributed by atoms with E-state index in [2.05, 4.69) is 63.5 Å². The number of hydrogen-bond donors (Lipinski definition) is 5. The lowest BCUT2D eigenvalue weighted by molar-refractivity contribution is -0.0922. The van der Waals surface area contributed by atoms with E-state index in [1.807, 2.05) is 95.7 Å². The van der Waals surface area contributed by atoms with E-state index in [0.29, 0.717) is 33.6 Å². The number of nitrogens with two attached hydrogens (primary N) is 1. The van der Waals surface area contributed by atoms with Crippen LogP contribution in [0, 0.1) is 28.6 Å². The van der Waals surface area contributed by atoms with Crippen LogP contribution in [0.4, 0.5) is 34.4 Å². The van der Waals surface area contributed by atoms with Crippen molar-refractivity contribution in [1.82, 2.24) is 14.1 Å². The van der Waals surface area contributed by atoms with E-state index >= 15 is 9.59 Å². The molecule has 2 aromatic heterocycles. The Labute approximate surface area is 419 Å². The summed E-state index contributed by atoms with van der Waals surface area (Å²) in [6.45, 7) is 15.2. The molecule has 2 heterocycles. The van der Waals surface area contributed by atoms with Gasteiger partial charge in [0.15, 0.2) is 0 Å². The quantitative estimate of drug-likeness (QED) is 0.0476. The lowest BCUT2D eigenvalue weighted by atomic mass is 9.59. The van der Waals surface area contributed by atoms with Crippen molar-refractivity contribution < 1.29 is 22.7 Å². The summed E-state index contributed by atoms with van der Waals surface area (Å²) in [5.74, 6) is -2.16. The maximum absolute atomic E-state index is 15.9. The summed E-state index contributed by atoms with van der Waals surface area (Å²) in [6, 6.07) is 42.3. The number of ether oxygens (including phenoxy) is 1. The average Bonchev–Trinajstić information content (AvgIpc) is 3.64. The van der Waals surface area contributed by atoms with Crippen LogP contribution in [-0.2, 0) is 14.9 Å². The zero-order chi connectivity index (χ0) is 50.8. The van der Waals surface area contributed by atoms with Crippen molar-refractivity contribution in [1.29, 1.82) is 0 Å². The predicted octanol–water partition coefficient (Wildman–Crippen LogP) is 11.8. The Morgan fingerprint density at radius 3 is 1.83 bits per heavy atom. The number of nitrogens with zero attached hydrogens (tertiary/aromatic N) is 3. The Hall–Kier alpha value is -7.36. The SMILES string of the molecule is CC1CC(C(C)(C)C)C(OC(=O)c2c(-c3ccc(Cl)cc3)c(N(C(=Nc3ccccc3)Nc3ccccc3)c3ccccc3)n3c(=O)c(C(=O)NS(=O)(=O)Nc4ccccc4)c(N)[nH]c23)C(C(C)(C)C)C1. The summed E-state index contributed by atoms with van der Waals surface area (Å²) < 4.78 is 39.4. The van der Waals surface area contributed by atoms with Gasteiger partial charge in [0.05, 0.1) is 17.1 Å². The van der Waals surface area contributed by atoms with Gasteiger partial charge in [-0.15, -0.1) is 0 Å². The molecular weight excluding hydrogens is 936 g/mol. The van der Waals surface area contributed by atoms with E-state index < -0.39 is 45.1 Å². The number of carbonyl (C=O) groups is 2. The molecule has 1 saturated carbocycles. The lowest BCUT2D eigenvalue weighted by Gasteiger charge is -2.50. The summed E-state index contributed by atoms with van der Waals surface area (Å²) in [5, 5.41) is 3.88. The Morgan fingerprint density at radius 1 is 0.761 bits per heavy atom. The third-order valence-electron chi connectivity index (χ3n) is 12.9. The molecular formula is C55H59ClN8O6S. The van der Waals surface area contributed by atoms with Crippen LogP contribution in [0.15, 0.2) is 155 Å². The molecule has 14 nitrogen and oxygen atoms in total. The number of guanidine groups is 1. The van der Waals surface area contributed by atoms with E-state index in [1.54, 1.807) is 47.4 Å². The van der Waals surface area contributed by atoms with Crippen LogP contribution < -0.4 is 31.0 Å². The molecule has 1 aliphatic rings. The van der Waals surface area contributed by atoms with Crippen molar-refractivity contribution in [2.45, 2.75) is 67.4 Å². The van der Waals surface area contributed by atoms with E-state index in [9.17, 15) is 13.2 Å². The second-order valence-electron chi connectivity index (χ2n) is 20.2. The molecule has 2 atom stereocenters. The van der Waals surface area contributed by atoms with Crippen LogP contribution in [0.3, 0.4) is 0 Å². The fourth-order valence-corrected chi connectivity index (χ4v) is 10.5. The monoisotopic (exact) mass is 994 g/mol. The molecule has 2 unspecified atom stereocenters. The van der Waals surface area contributed by atoms with Gasteiger partial charge in [0.1, 0.15) is 34.5 Å². The number of fused-ring (bicyclic) bond motifs is 1. The number of halogens is 1. The zero-order valence-electron chi connectivity index (χ0n) is 40.7. The molecule has 5 aromatic carbocycles. The predicted molar refractivity (Wildman–Crippen MR) is 285 cm³/mol. The van der Waals surface area contributed by atoms with Crippen molar-refractivity contribution >= 4 is 79.7 Å². The van der Waals surface area contributed by atoms with Gasteiger partial charge in [-0.05, 0) is 95.8 Å². The number of para-hydroxylation sites is 4. The molecule has 8 rings (SSSR count). The molecule has 0 bridgehead atoms. The molecule has 0 spiro atoms. The van der Waals surface area contributed by atoms with Gasteiger partial charge in [-0.2, -0.15) is 8.42 Å². The number of nitrogens with one attached hydrogen (secondary N) is 4. The Balaban J connectivity index is 1.47. The Kier molecular flexibility index (Phi) is 14.2. The minimum atomic E-state index is -4.63. The first-order valence-electron chi connectivity index (χ1n) is 23.5. The van der Waals surface area contributed by atoms with Crippen LogP contribution in [0.25, 0.3) is 16.8 Å². The van der Waals surface area contributed by atoms with E-state index in [0.717, 1.165) is 17.2 Å². The number of hydrogen-bond acceptors (Lipinski definition) is 8. The molecule has 0 saturated heterocycles. The third-order valence-corrected chi connectivity index (χ3v) is 14.1. The number of aromatic nitrogens is 2. The number of H-pyrrole nitrogens is 1. The summed E-state index contributed by atoms with van der Waals surface area (Å²) in [4.78, 5) is 55.9. The largest absolute Gasteiger partial charge is 0.458 e. The highest BCUT2D eigenvalue weighted by Gasteiger charge is 2.49. The minimum Gasteiger partial charge on any atom is -0.458 e. The fraction of sp³-hybridized carbons (Fsp3) is 0.273. The van der Waals surface area contributed by atoms with Crippen molar-refractivity contribution in [3.8, 4) is 11.1 Å². The first-order valence-corrected chi connectivity index (χ1v) is 25.3. The number of anilines is 5. The molecule has 1 fully saturated rings. The molecule has 368 valence electrons. The molecule has 16 heteroatoms. The Morgan fingerprint density at radius 2 is 1.28 bits per heavy atom. The number of benzene rings is 5. The van der Waals surface area contributed by atoms with Crippen LogP contribution in [-0.4, -0.2) is 41.7 Å². The number of rotatable bonds is 11. The first-order chi connectivity index (χ1) is 33.7. The second-order valence-corrected chi connectivity index (χ2v) is 22.1. The van der Waals surface area contributed by atoms with Gasteiger partial charge in [-0.25, -0.2) is 18.9 Å². The topological polar surface area (TPSA) is 192 Å². The number of aliphatic imine (C=N–C) groups is 1. The van der Waals surface area contributed by atoms with Crippen LogP contribution >= 0.6 is 11.6 Å². The third kappa shape index (κ3) is 11.0. The van der Waals surface area contributed by atoms with Crippen LogP contribution in [0.1, 0.15) is 82.0 Å². The summed E-state index contributed by atoms with van der Waals surface area (Å²) in [5.41, 5.74) is 6.56. The van der Waals surface area contributed by atoms with E-state index in [-0.39, 0.29) is 56.9 Å². The standard InChI is InChI=1S/C55H59ClN8O6S/c1-34-32-41(54(2,3)4)46(42(33-34)55(5,6)7)70-52(67)44-43(35-28-30-36(56)31-29-35)50(64-48(44)60-47(57)45(51(64)66)49(65)62-71(68,69)61-39-24-16-10-17-25-39)63(40-26-18-11-19-27-40)53(58-37-20-12-8-13-21-37)59-38-22-14-9-15-23-38/h8-31,34,41-42,46,60-61H,32-33,57H2,1-7H3,(H,58,59)(H,62,65). The molecule has 6 N–H and O–H groups in total. The van der Waals surface area contributed by atoms with Gasteiger partial charge >= 0.3 is 16.2 Å². The van der Waals surface area contributed by atoms with Gasteiger partial charge in [-0.3, -0.25) is 19.2 Å². The summed E-state index contributed by atoms with van der Waals surface area (Å²) >= 11 is 6.57. The molecule has 0 aliphatic heterocycles. The number of amides is 1. The minimum absolute atomic E-state index is 0.0242. The lowest BCUT2D eigenvalue weighted by Crippen LogP contribution is -2.49. The highest BCUT2D eigenvalue weighted by molar-refractivity contribution is 7.91. The normalized spacial score (nSPS) is 17.6. The fourth-order valence-electron chi connectivity index (χ4n) is 9.56. The second kappa shape index (κ2) is 20.2.